The van der Waals surface area contributed by atoms with Gasteiger partial charge in [0.2, 0.25) is 0 Å². The second kappa shape index (κ2) is 4.01. The number of aliphatic imine (C=N–C) groups is 1. The first kappa shape index (κ1) is 10.0. The van der Waals surface area contributed by atoms with Crippen LogP contribution < -0.4 is 4.74 Å². The molecule has 0 spiro atoms. The number of rotatable bonds is 1. The van der Waals surface area contributed by atoms with Crippen LogP contribution in [0, 0.1) is 5.82 Å². The van der Waals surface area contributed by atoms with Gasteiger partial charge < -0.3 is 4.74 Å². The maximum atomic E-state index is 13.1. The minimum Gasteiger partial charge on any atom is -0.486 e. The molecule has 17 heavy (non-hydrogen) atoms. The molecule has 0 fully saturated rings. The molecule has 0 saturated heterocycles. The number of hydrogen-bond donors (Lipinski definition) is 0. The molecule has 2 nitrogen and oxygen atoms in total. The summed E-state index contributed by atoms with van der Waals surface area (Å²) in [6.45, 7) is 0.506. The highest BCUT2D eigenvalue weighted by molar-refractivity contribution is 5.76. The van der Waals surface area contributed by atoms with E-state index >= 15 is 0 Å². The summed E-state index contributed by atoms with van der Waals surface area (Å²) in [6.07, 6.45) is 1.72. The van der Waals surface area contributed by atoms with Crippen LogP contribution in [0.25, 0.3) is 11.1 Å². The van der Waals surface area contributed by atoms with E-state index in [2.05, 4.69) is 4.99 Å². The zero-order chi connectivity index (χ0) is 11.7. The number of nitrogens with zero attached hydrogens (tertiary/aromatic N) is 1. The molecule has 1 aliphatic heterocycles. The molecule has 84 valence electrons. The molecular weight excluding hydrogens is 217 g/mol. The molecule has 2 aromatic rings. The fourth-order valence-electron chi connectivity index (χ4n) is 1.85. The number of halogens is 1. The summed E-state index contributed by atoms with van der Waals surface area (Å²) < 4.78 is 18.6. The van der Waals surface area contributed by atoms with Gasteiger partial charge in [-0.2, -0.15) is 0 Å². The average molecular weight is 227 g/mol. The highest BCUT2D eigenvalue weighted by Gasteiger charge is 2.08. The van der Waals surface area contributed by atoms with E-state index in [1.54, 1.807) is 12.3 Å². The molecule has 3 rings (SSSR count). The third-order valence-electron chi connectivity index (χ3n) is 2.66. The van der Waals surface area contributed by atoms with Crippen molar-refractivity contribution in [3.63, 3.8) is 0 Å². The first-order valence-electron chi connectivity index (χ1n) is 5.38. The van der Waals surface area contributed by atoms with Gasteiger partial charge in [0, 0.05) is 6.21 Å². The molecule has 0 aromatic heterocycles. The summed E-state index contributed by atoms with van der Waals surface area (Å²) in [5.41, 5.74) is 2.57. The first-order chi connectivity index (χ1) is 8.33. The molecule has 1 aliphatic rings. The van der Waals surface area contributed by atoms with E-state index in [1.165, 1.54) is 12.1 Å². The van der Waals surface area contributed by atoms with Crippen LogP contribution >= 0.6 is 0 Å². The van der Waals surface area contributed by atoms with E-state index in [0.29, 0.717) is 6.61 Å². The van der Waals surface area contributed by atoms with Crippen molar-refractivity contribution in [2.24, 2.45) is 4.99 Å². The third kappa shape index (κ3) is 1.91. The lowest BCUT2D eigenvalue weighted by Gasteiger charge is -2.12. The Morgan fingerprint density at radius 3 is 2.82 bits per heavy atom. The normalized spacial score (nSPS) is 13.0. The predicted molar refractivity (Wildman–Crippen MR) is 65.5 cm³/mol. The van der Waals surface area contributed by atoms with Crippen LogP contribution in [0.3, 0.4) is 0 Å². The minimum atomic E-state index is -0.236. The quantitative estimate of drug-likeness (QED) is 0.729. The fourth-order valence-corrected chi connectivity index (χ4v) is 1.85. The molecule has 0 saturated carbocycles. The fraction of sp³-hybridized carbons (Fsp3) is 0.0714. The van der Waals surface area contributed by atoms with E-state index in [0.717, 1.165) is 22.6 Å². The van der Waals surface area contributed by atoms with E-state index in [-0.39, 0.29) is 5.82 Å². The van der Waals surface area contributed by atoms with Crippen LogP contribution in [0.5, 0.6) is 5.75 Å². The third-order valence-corrected chi connectivity index (χ3v) is 2.66. The van der Waals surface area contributed by atoms with Crippen LogP contribution in [0.1, 0.15) is 0 Å². The Morgan fingerprint density at radius 1 is 1.06 bits per heavy atom. The second-order valence-corrected chi connectivity index (χ2v) is 3.82. The van der Waals surface area contributed by atoms with Gasteiger partial charge in [0.25, 0.3) is 0 Å². The first-order valence-corrected chi connectivity index (χ1v) is 5.38. The van der Waals surface area contributed by atoms with Crippen LogP contribution in [0.2, 0.25) is 0 Å². The smallest absolute Gasteiger partial charge is 0.145 e. The van der Waals surface area contributed by atoms with E-state index < -0.39 is 0 Å². The highest BCUT2D eigenvalue weighted by Crippen LogP contribution is 2.34. The number of benzene rings is 2. The Balaban J connectivity index is 2.08. The van der Waals surface area contributed by atoms with Gasteiger partial charge >= 0.3 is 0 Å². The van der Waals surface area contributed by atoms with Crippen molar-refractivity contribution in [2.45, 2.75) is 0 Å². The Bertz CT molecular complexity index is 593. The maximum absolute atomic E-state index is 13.1. The summed E-state index contributed by atoms with van der Waals surface area (Å²) >= 11 is 0. The van der Waals surface area contributed by atoms with Gasteiger partial charge in [-0.05, 0) is 35.4 Å². The summed E-state index contributed by atoms with van der Waals surface area (Å²) in [5.74, 6) is 0.535. The molecule has 0 bridgehead atoms. The molecular formula is C14H10FNO. The standard InChI is InChI=1S/C14H10FNO/c15-12-3-1-2-10(8-12)11-4-5-14-13(9-11)16-6-7-17-14/h1-6,8-9H,7H2. The van der Waals surface area contributed by atoms with Crippen molar-refractivity contribution in [3.05, 3.63) is 48.3 Å². The summed E-state index contributed by atoms with van der Waals surface area (Å²) in [4.78, 5) is 4.26. The molecule has 1 heterocycles. The lowest BCUT2D eigenvalue weighted by atomic mass is 10.0. The van der Waals surface area contributed by atoms with E-state index in [9.17, 15) is 4.39 Å². The Labute approximate surface area is 98.4 Å². The van der Waals surface area contributed by atoms with Gasteiger partial charge in [0.05, 0.1) is 0 Å². The van der Waals surface area contributed by atoms with Crippen LogP contribution in [-0.4, -0.2) is 12.8 Å². The Hall–Kier alpha value is -2.16. The molecule has 3 heteroatoms. The van der Waals surface area contributed by atoms with Gasteiger partial charge in [-0.1, -0.05) is 18.2 Å². The lowest BCUT2D eigenvalue weighted by Crippen LogP contribution is -2.02. The molecule has 2 aromatic carbocycles. The molecule has 0 aliphatic carbocycles. The maximum Gasteiger partial charge on any atom is 0.145 e. The Kier molecular flexibility index (Phi) is 2.37. The van der Waals surface area contributed by atoms with Crippen molar-refractivity contribution in [3.8, 4) is 16.9 Å². The summed E-state index contributed by atoms with van der Waals surface area (Å²) in [6, 6.07) is 12.2. The number of fused-ring (bicyclic) bond motifs is 1. The summed E-state index contributed by atoms with van der Waals surface area (Å²) in [5, 5.41) is 0. The van der Waals surface area contributed by atoms with Crippen LogP contribution in [-0.2, 0) is 0 Å². The van der Waals surface area contributed by atoms with Crippen molar-refractivity contribution in [1.29, 1.82) is 0 Å². The lowest BCUT2D eigenvalue weighted by molar-refractivity contribution is 0.377. The van der Waals surface area contributed by atoms with Crippen molar-refractivity contribution in [1.82, 2.24) is 0 Å². The molecule has 0 atom stereocenters. The topological polar surface area (TPSA) is 21.6 Å². The number of hydrogen-bond acceptors (Lipinski definition) is 2. The van der Waals surface area contributed by atoms with E-state index in [4.69, 9.17) is 4.74 Å². The SMILES string of the molecule is Fc1cccc(-c2ccc3c(c2)N=CCO3)c1. The minimum absolute atomic E-state index is 0.236. The summed E-state index contributed by atoms with van der Waals surface area (Å²) in [7, 11) is 0. The molecule has 0 N–H and O–H groups in total. The average Bonchev–Trinajstić information content (AvgIpc) is 2.38. The Morgan fingerprint density at radius 2 is 1.94 bits per heavy atom. The van der Waals surface area contributed by atoms with Gasteiger partial charge in [0.1, 0.15) is 23.9 Å². The van der Waals surface area contributed by atoms with Gasteiger partial charge in [-0.15, -0.1) is 0 Å². The second-order valence-electron chi connectivity index (χ2n) is 3.82. The van der Waals surface area contributed by atoms with Crippen molar-refractivity contribution < 1.29 is 9.13 Å². The molecule has 0 unspecified atom stereocenters. The monoisotopic (exact) mass is 227 g/mol. The van der Waals surface area contributed by atoms with Crippen molar-refractivity contribution in [2.75, 3.05) is 6.61 Å². The van der Waals surface area contributed by atoms with E-state index in [1.807, 2.05) is 24.3 Å². The van der Waals surface area contributed by atoms with Crippen molar-refractivity contribution >= 4 is 11.9 Å². The molecule has 0 amide bonds. The van der Waals surface area contributed by atoms with Gasteiger partial charge in [-0.3, -0.25) is 4.99 Å². The van der Waals surface area contributed by atoms with Crippen LogP contribution in [0.4, 0.5) is 10.1 Å². The zero-order valence-electron chi connectivity index (χ0n) is 9.06. The number of ether oxygens (including phenoxy) is 1. The molecule has 0 radical (unpaired) electrons. The predicted octanol–water partition coefficient (Wildman–Crippen LogP) is 3.59. The zero-order valence-corrected chi connectivity index (χ0v) is 9.06. The highest BCUT2D eigenvalue weighted by atomic mass is 19.1. The van der Waals surface area contributed by atoms with Crippen LogP contribution in [0.15, 0.2) is 47.5 Å². The van der Waals surface area contributed by atoms with Gasteiger partial charge in [-0.25, -0.2) is 4.39 Å². The largest absolute Gasteiger partial charge is 0.486 e. The van der Waals surface area contributed by atoms with Gasteiger partial charge in [0.15, 0.2) is 0 Å².